The Morgan fingerprint density at radius 1 is 1.71 bits per heavy atom. The van der Waals surface area contributed by atoms with Crippen LogP contribution in [-0.4, -0.2) is 22.1 Å². The molecule has 1 heterocycles. The molecular formula is C9H11IN2O2. The molecule has 0 radical (unpaired) electrons. The van der Waals surface area contributed by atoms with Crippen LogP contribution in [0.25, 0.3) is 0 Å². The summed E-state index contributed by atoms with van der Waals surface area (Å²) in [6.45, 7) is 0. The second-order valence-corrected chi connectivity index (χ2v) is 3.59. The first-order valence-electron chi connectivity index (χ1n) is 4.19. The molecule has 1 atom stereocenters. The second kappa shape index (κ2) is 5.92. The van der Waals surface area contributed by atoms with E-state index in [-0.39, 0.29) is 12.5 Å². The minimum Gasteiger partial charge on any atom is -0.481 e. The summed E-state index contributed by atoms with van der Waals surface area (Å²) in [6, 6.07) is 3.74. The largest absolute Gasteiger partial charge is 0.481 e. The number of nitrogens with zero attached hydrogens (tertiary/aromatic N) is 1. The zero-order valence-corrected chi connectivity index (χ0v) is 9.64. The Morgan fingerprint density at radius 3 is 3.00 bits per heavy atom. The SMILES string of the molecule is O=C(O)CC(Cc1cccnc1)NI. The van der Waals surface area contributed by atoms with E-state index >= 15 is 0 Å². The summed E-state index contributed by atoms with van der Waals surface area (Å²) in [7, 11) is 0. The van der Waals surface area contributed by atoms with Gasteiger partial charge in [0.05, 0.1) is 6.42 Å². The number of rotatable bonds is 5. The minimum absolute atomic E-state index is 0.0442. The summed E-state index contributed by atoms with van der Waals surface area (Å²) >= 11 is 1.98. The van der Waals surface area contributed by atoms with Gasteiger partial charge in [-0.15, -0.1) is 0 Å². The van der Waals surface area contributed by atoms with Gasteiger partial charge in [-0.05, 0) is 18.1 Å². The number of hydrogen-bond donors (Lipinski definition) is 2. The van der Waals surface area contributed by atoms with Crippen molar-refractivity contribution in [2.24, 2.45) is 0 Å². The van der Waals surface area contributed by atoms with Crippen LogP contribution in [-0.2, 0) is 11.2 Å². The highest BCUT2D eigenvalue weighted by atomic mass is 127. The van der Waals surface area contributed by atoms with Gasteiger partial charge in [-0.2, -0.15) is 0 Å². The summed E-state index contributed by atoms with van der Waals surface area (Å²) < 4.78 is 2.94. The summed E-state index contributed by atoms with van der Waals surface area (Å²) in [5.74, 6) is -0.789. The van der Waals surface area contributed by atoms with E-state index in [9.17, 15) is 4.79 Å². The van der Waals surface area contributed by atoms with Gasteiger partial charge >= 0.3 is 5.97 Å². The average molecular weight is 306 g/mol. The number of carbonyl (C=O) groups is 1. The van der Waals surface area contributed by atoms with Crippen molar-refractivity contribution in [1.82, 2.24) is 8.51 Å². The number of aliphatic carboxylic acids is 1. The van der Waals surface area contributed by atoms with Gasteiger partial charge in [0.15, 0.2) is 0 Å². The molecular weight excluding hydrogens is 295 g/mol. The molecule has 1 aromatic heterocycles. The lowest BCUT2D eigenvalue weighted by atomic mass is 10.1. The van der Waals surface area contributed by atoms with Gasteiger partial charge in [0.25, 0.3) is 0 Å². The van der Waals surface area contributed by atoms with Gasteiger partial charge in [0.2, 0.25) is 0 Å². The van der Waals surface area contributed by atoms with Crippen molar-refractivity contribution in [3.05, 3.63) is 30.1 Å². The van der Waals surface area contributed by atoms with Crippen molar-refractivity contribution in [1.29, 1.82) is 0 Å². The summed E-state index contributed by atoms with van der Waals surface area (Å²) in [5.41, 5.74) is 1.04. The monoisotopic (exact) mass is 306 g/mol. The van der Waals surface area contributed by atoms with Gasteiger partial charge < -0.3 is 5.11 Å². The quantitative estimate of drug-likeness (QED) is 0.638. The van der Waals surface area contributed by atoms with Crippen LogP contribution >= 0.6 is 22.9 Å². The van der Waals surface area contributed by atoms with Crippen LogP contribution in [0, 0.1) is 0 Å². The smallest absolute Gasteiger partial charge is 0.304 e. The van der Waals surface area contributed by atoms with Gasteiger partial charge in [-0.1, -0.05) is 6.07 Å². The number of carboxylic acids is 1. The summed E-state index contributed by atoms with van der Waals surface area (Å²) in [5, 5.41) is 8.63. The van der Waals surface area contributed by atoms with Crippen LogP contribution in [0.5, 0.6) is 0 Å². The Hall–Kier alpha value is -0.690. The van der Waals surface area contributed by atoms with E-state index < -0.39 is 5.97 Å². The molecule has 2 N–H and O–H groups in total. The highest BCUT2D eigenvalue weighted by Gasteiger charge is 2.11. The number of halogens is 1. The average Bonchev–Trinajstić information content (AvgIpc) is 2.17. The van der Waals surface area contributed by atoms with Crippen LogP contribution in [0.1, 0.15) is 12.0 Å². The van der Waals surface area contributed by atoms with Crippen LogP contribution in [0.2, 0.25) is 0 Å². The molecule has 0 bridgehead atoms. The summed E-state index contributed by atoms with van der Waals surface area (Å²) in [4.78, 5) is 14.5. The molecule has 1 rings (SSSR count). The number of nitrogens with one attached hydrogen (secondary N) is 1. The standard InChI is InChI=1S/C9H11IN2O2/c10-12-8(5-9(13)14)4-7-2-1-3-11-6-7/h1-3,6,8,12H,4-5H2,(H,13,14). The fourth-order valence-corrected chi connectivity index (χ4v) is 1.60. The third-order valence-corrected chi connectivity index (χ3v) is 2.66. The highest BCUT2D eigenvalue weighted by molar-refractivity contribution is 14.1. The topological polar surface area (TPSA) is 62.2 Å². The number of pyridine rings is 1. The van der Waals surface area contributed by atoms with E-state index in [2.05, 4.69) is 8.51 Å². The Bertz CT molecular complexity index is 292. The lowest BCUT2D eigenvalue weighted by Crippen LogP contribution is -2.26. The molecule has 0 aliphatic heterocycles. The van der Waals surface area contributed by atoms with Crippen LogP contribution in [0.4, 0.5) is 0 Å². The van der Waals surface area contributed by atoms with Crippen molar-refractivity contribution >= 4 is 28.8 Å². The minimum atomic E-state index is -0.789. The Labute approximate surface area is 96.2 Å². The third kappa shape index (κ3) is 4.01. The van der Waals surface area contributed by atoms with Crippen molar-refractivity contribution in [3.8, 4) is 0 Å². The zero-order chi connectivity index (χ0) is 10.4. The van der Waals surface area contributed by atoms with E-state index in [1.165, 1.54) is 0 Å². The van der Waals surface area contributed by atoms with Crippen molar-refractivity contribution in [2.45, 2.75) is 18.9 Å². The normalized spacial score (nSPS) is 12.4. The molecule has 0 amide bonds. The fourth-order valence-electron chi connectivity index (χ4n) is 1.16. The van der Waals surface area contributed by atoms with Crippen molar-refractivity contribution in [3.63, 3.8) is 0 Å². The first-order chi connectivity index (χ1) is 6.72. The zero-order valence-electron chi connectivity index (χ0n) is 7.48. The Kier molecular flexibility index (Phi) is 4.81. The summed E-state index contributed by atoms with van der Waals surface area (Å²) in [6.07, 6.45) is 4.26. The molecule has 0 saturated carbocycles. The van der Waals surface area contributed by atoms with E-state index in [4.69, 9.17) is 5.11 Å². The van der Waals surface area contributed by atoms with Crippen LogP contribution in [0.15, 0.2) is 24.5 Å². The molecule has 0 aromatic carbocycles. The molecule has 76 valence electrons. The third-order valence-electron chi connectivity index (χ3n) is 1.78. The van der Waals surface area contributed by atoms with Gasteiger partial charge in [0.1, 0.15) is 0 Å². The molecule has 14 heavy (non-hydrogen) atoms. The van der Waals surface area contributed by atoms with Crippen molar-refractivity contribution in [2.75, 3.05) is 0 Å². The first kappa shape index (κ1) is 11.4. The number of hydrogen-bond acceptors (Lipinski definition) is 3. The number of aromatic nitrogens is 1. The molecule has 0 aliphatic carbocycles. The van der Waals surface area contributed by atoms with E-state index in [0.717, 1.165) is 5.56 Å². The van der Waals surface area contributed by atoms with Crippen molar-refractivity contribution < 1.29 is 9.90 Å². The van der Waals surface area contributed by atoms with Gasteiger partial charge in [-0.3, -0.25) is 13.3 Å². The fraction of sp³-hybridized carbons (Fsp3) is 0.333. The maximum absolute atomic E-state index is 10.5. The molecule has 0 saturated heterocycles. The van der Waals surface area contributed by atoms with Crippen LogP contribution in [0.3, 0.4) is 0 Å². The maximum Gasteiger partial charge on any atom is 0.304 e. The van der Waals surface area contributed by atoms with Crippen LogP contribution < -0.4 is 3.53 Å². The second-order valence-electron chi connectivity index (χ2n) is 2.97. The predicted octanol–water partition coefficient (Wildman–Crippen LogP) is 1.41. The Morgan fingerprint density at radius 2 is 2.50 bits per heavy atom. The molecule has 4 nitrogen and oxygen atoms in total. The lowest BCUT2D eigenvalue weighted by molar-refractivity contribution is -0.137. The first-order valence-corrected chi connectivity index (χ1v) is 5.27. The molecule has 1 aromatic rings. The molecule has 0 aliphatic rings. The van der Waals surface area contributed by atoms with E-state index in [1.807, 2.05) is 35.0 Å². The van der Waals surface area contributed by atoms with E-state index in [1.54, 1.807) is 12.4 Å². The number of carboxylic acid groups (broad SMARTS) is 1. The molecule has 0 spiro atoms. The van der Waals surface area contributed by atoms with E-state index in [0.29, 0.717) is 6.42 Å². The molecule has 1 unspecified atom stereocenters. The van der Waals surface area contributed by atoms with Gasteiger partial charge in [0, 0.05) is 41.3 Å². The lowest BCUT2D eigenvalue weighted by Gasteiger charge is -2.11. The highest BCUT2D eigenvalue weighted by Crippen LogP contribution is 2.05. The molecule has 5 heteroatoms. The predicted molar refractivity (Wildman–Crippen MR) is 61.1 cm³/mol. The van der Waals surface area contributed by atoms with Gasteiger partial charge in [-0.25, -0.2) is 0 Å². The maximum atomic E-state index is 10.5. The Balaban J connectivity index is 2.53. The molecule has 0 fully saturated rings.